The molecule has 1 fully saturated rings. The normalized spacial score (nSPS) is 14.9. The third-order valence-corrected chi connectivity index (χ3v) is 9.01. The molecule has 1 aromatic carbocycles. The van der Waals surface area contributed by atoms with Crippen LogP contribution in [0.2, 0.25) is 0 Å². The Hall–Kier alpha value is -2.43. The molecule has 3 N–H and O–H groups in total. The van der Waals surface area contributed by atoms with Crippen LogP contribution in [0.1, 0.15) is 44.9 Å². The Labute approximate surface area is 195 Å². The first-order chi connectivity index (χ1) is 15.4. The van der Waals surface area contributed by atoms with Crippen LogP contribution in [0.5, 0.6) is 0 Å². The minimum Gasteiger partial charge on any atom is -0.326 e. The summed E-state index contributed by atoms with van der Waals surface area (Å²) in [6, 6.07) is 8.17. The number of thiazole rings is 1. The highest BCUT2D eigenvalue weighted by Crippen LogP contribution is 2.30. The number of thiophene rings is 1. The second kappa shape index (κ2) is 10.0. The number of hydrogen-bond acceptors (Lipinski definition) is 6. The number of sulfonamides is 1. The third kappa shape index (κ3) is 5.87. The summed E-state index contributed by atoms with van der Waals surface area (Å²) in [7, 11) is -3.75. The number of carbonyl (C=O) groups is 1. The first-order valence-electron chi connectivity index (χ1n) is 10.6. The summed E-state index contributed by atoms with van der Waals surface area (Å²) in [5.74, 6) is 0.503. The fraction of sp³-hybridized carbons (Fsp3) is 0.364. The van der Waals surface area contributed by atoms with Crippen LogP contribution in [0, 0.1) is 5.92 Å². The molecular formula is C22H25N3O4S3. The molecule has 3 aromatic rings. The highest BCUT2D eigenvalue weighted by atomic mass is 32.2. The van der Waals surface area contributed by atoms with Crippen molar-refractivity contribution in [3.63, 3.8) is 0 Å². The Balaban J connectivity index is 1.54. The van der Waals surface area contributed by atoms with Gasteiger partial charge >= 0.3 is 4.87 Å². The van der Waals surface area contributed by atoms with Gasteiger partial charge in [0.05, 0.1) is 11.4 Å². The van der Waals surface area contributed by atoms with Gasteiger partial charge in [0.15, 0.2) is 0 Å². The first-order valence-corrected chi connectivity index (χ1v) is 13.8. The lowest BCUT2D eigenvalue weighted by atomic mass is 9.86. The van der Waals surface area contributed by atoms with Crippen molar-refractivity contribution in [2.24, 2.45) is 5.92 Å². The van der Waals surface area contributed by atoms with Gasteiger partial charge in [-0.3, -0.25) is 14.3 Å². The lowest BCUT2D eigenvalue weighted by molar-refractivity contribution is -0.116. The topological polar surface area (TPSA) is 108 Å². The highest BCUT2D eigenvalue weighted by Gasteiger charge is 2.18. The van der Waals surface area contributed by atoms with E-state index in [2.05, 4.69) is 15.0 Å². The summed E-state index contributed by atoms with van der Waals surface area (Å²) >= 11 is 2.15. The molecule has 2 aromatic heterocycles. The van der Waals surface area contributed by atoms with E-state index in [0.29, 0.717) is 35.0 Å². The molecule has 0 spiro atoms. The molecule has 7 nitrogen and oxygen atoms in total. The van der Waals surface area contributed by atoms with E-state index in [1.54, 1.807) is 35.0 Å². The smallest absolute Gasteiger partial charge is 0.304 e. The average molecular weight is 492 g/mol. The molecular weight excluding hydrogens is 466 g/mol. The van der Waals surface area contributed by atoms with E-state index < -0.39 is 10.0 Å². The molecule has 4 rings (SSSR count). The lowest BCUT2D eigenvalue weighted by Crippen LogP contribution is -2.16. The van der Waals surface area contributed by atoms with Crippen LogP contribution >= 0.6 is 22.7 Å². The van der Waals surface area contributed by atoms with Crippen molar-refractivity contribution in [2.75, 3.05) is 10.0 Å². The minimum absolute atomic E-state index is 0.0985. The molecule has 0 unspecified atom stereocenters. The van der Waals surface area contributed by atoms with Gasteiger partial charge < -0.3 is 10.3 Å². The van der Waals surface area contributed by atoms with E-state index in [4.69, 9.17) is 0 Å². The number of H-pyrrole nitrogens is 1. The van der Waals surface area contributed by atoms with E-state index in [9.17, 15) is 18.0 Å². The van der Waals surface area contributed by atoms with Gasteiger partial charge in [0.1, 0.15) is 4.21 Å². The predicted octanol–water partition coefficient (Wildman–Crippen LogP) is 5.26. The summed E-state index contributed by atoms with van der Waals surface area (Å²) in [5.41, 5.74) is 1.96. The second-order valence-corrected chi connectivity index (χ2v) is 11.7. The van der Waals surface area contributed by atoms with Crippen LogP contribution in [0.25, 0.3) is 11.3 Å². The number of carbonyl (C=O) groups excluding carboxylic acids is 1. The maximum absolute atomic E-state index is 12.7. The number of nitrogens with one attached hydrogen (secondary N) is 3. The number of hydrogen-bond donors (Lipinski definition) is 3. The Morgan fingerprint density at radius 3 is 2.56 bits per heavy atom. The molecule has 1 amide bonds. The summed E-state index contributed by atoms with van der Waals surface area (Å²) in [6.07, 6.45) is 7.42. The number of anilines is 2. The summed E-state index contributed by atoms with van der Waals surface area (Å²) in [6.45, 7) is 0. The quantitative estimate of drug-likeness (QED) is 0.399. The zero-order chi connectivity index (χ0) is 22.6. The van der Waals surface area contributed by atoms with Crippen molar-refractivity contribution in [2.45, 2.75) is 49.2 Å². The largest absolute Gasteiger partial charge is 0.326 e. The molecule has 0 radical (unpaired) electrons. The van der Waals surface area contributed by atoms with E-state index >= 15 is 0 Å². The number of amides is 1. The molecule has 0 aliphatic heterocycles. The van der Waals surface area contributed by atoms with Crippen molar-refractivity contribution >= 4 is 50.0 Å². The van der Waals surface area contributed by atoms with Gasteiger partial charge in [-0.05, 0) is 42.0 Å². The van der Waals surface area contributed by atoms with Crippen molar-refractivity contribution in [1.29, 1.82) is 0 Å². The lowest BCUT2D eigenvalue weighted by Gasteiger charge is -2.21. The van der Waals surface area contributed by atoms with Crippen LogP contribution in [0.4, 0.5) is 11.4 Å². The van der Waals surface area contributed by atoms with Gasteiger partial charge in [-0.25, -0.2) is 8.42 Å². The Morgan fingerprint density at radius 1 is 1.09 bits per heavy atom. The van der Waals surface area contributed by atoms with Crippen LogP contribution in [0.15, 0.2) is 50.1 Å². The van der Waals surface area contributed by atoms with Crippen LogP contribution in [-0.2, 0) is 14.8 Å². The molecule has 0 bridgehead atoms. The maximum Gasteiger partial charge on any atom is 0.304 e. The molecule has 0 saturated heterocycles. The SMILES string of the molecule is O=C(CCC1CCCCC1)Nc1cc(NS(=O)(=O)c2cccs2)cc(-c2csc(=O)[nH]2)c1. The molecule has 10 heteroatoms. The van der Waals surface area contributed by atoms with Gasteiger partial charge in [0.2, 0.25) is 5.91 Å². The standard InChI is InChI=1S/C22H25N3O4S3/c26-20(9-8-15-5-2-1-3-6-15)23-17-11-16(19-14-31-22(27)24-19)12-18(13-17)25-32(28,29)21-7-4-10-30-21/h4,7,10-15,25H,1-3,5-6,8-9H2,(H,23,26)(H,24,27). The van der Waals surface area contributed by atoms with Crippen LogP contribution < -0.4 is 14.9 Å². The van der Waals surface area contributed by atoms with Crippen molar-refractivity contribution < 1.29 is 13.2 Å². The molecule has 1 aliphatic carbocycles. The van der Waals surface area contributed by atoms with Gasteiger partial charge in [-0.2, -0.15) is 0 Å². The second-order valence-electron chi connectivity index (χ2n) is 7.99. The van der Waals surface area contributed by atoms with E-state index in [0.717, 1.165) is 29.1 Å². The predicted molar refractivity (Wildman–Crippen MR) is 130 cm³/mol. The Bertz CT molecular complexity index is 1220. The fourth-order valence-electron chi connectivity index (χ4n) is 3.99. The summed E-state index contributed by atoms with van der Waals surface area (Å²) in [4.78, 5) is 26.7. The van der Waals surface area contributed by atoms with Crippen molar-refractivity contribution in [3.8, 4) is 11.3 Å². The molecule has 1 aliphatic rings. The number of benzene rings is 1. The summed E-state index contributed by atoms with van der Waals surface area (Å²) in [5, 5.41) is 6.26. The number of rotatable bonds is 8. The Morgan fingerprint density at radius 2 is 1.88 bits per heavy atom. The molecule has 1 saturated carbocycles. The molecule has 0 atom stereocenters. The number of aromatic amines is 1. The monoisotopic (exact) mass is 491 g/mol. The van der Waals surface area contributed by atoms with E-state index in [1.165, 1.54) is 38.2 Å². The first kappa shape index (κ1) is 22.8. The van der Waals surface area contributed by atoms with Crippen LogP contribution in [0.3, 0.4) is 0 Å². The van der Waals surface area contributed by atoms with Crippen LogP contribution in [-0.4, -0.2) is 19.3 Å². The van der Waals surface area contributed by atoms with Gasteiger partial charge in [0, 0.05) is 23.1 Å². The fourth-order valence-corrected chi connectivity index (χ4v) is 6.61. The van der Waals surface area contributed by atoms with Crippen molar-refractivity contribution in [1.82, 2.24) is 4.98 Å². The average Bonchev–Trinajstić information content (AvgIpc) is 3.45. The Kier molecular flexibility index (Phi) is 7.12. The summed E-state index contributed by atoms with van der Waals surface area (Å²) < 4.78 is 28.1. The van der Waals surface area contributed by atoms with E-state index in [-0.39, 0.29) is 15.0 Å². The zero-order valence-electron chi connectivity index (χ0n) is 17.4. The zero-order valence-corrected chi connectivity index (χ0v) is 19.9. The van der Waals surface area contributed by atoms with Gasteiger partial charge in [-0.15, -0.1) is 11.3 Å². The third-order valence-electron chi connectivity index (χ3n) is 5.56. The highest BCUT2D eigenvalue weighted by molar-refractivity contribution is 7.94. The number of aromatic nitrogens is 1. The van der Waals surface area contributed by atoms with Gasteiger partial charge in [0.25, 0.3) is 10.0 Å². The molecule has 32 heavy (non-hydrogen) atoms. The van der Waals surface area contributed by atoms with E-state index in [1.807, 2.05) is 0 Å². The van der Waals surface area contributed by atoms with Crippen molar-refractivity contribution in [3.05, 3.63) is 50.8 Å². The minimum atomic E-state index is -3.75. The maximum atomic E-state index is 12.7. The van der Waals surface area contributed by atoms with Gasteiger partial charge in [-0.1, -0.05) is 49.5 Å². The molecule has 2 heterocycles. The molecule has 170 valence electrons.